The number of pyridine rings is 1. The number of H-pyrrole nitrogens is 1. The zero-order valence-corrected chi connectivity index (χ0v) is 18.9. The van der Waals surface area contributed by atoms with Gasteiger partial charge in [-0.1, -0.05) is 18.2 Å². The number of morpholine rings is 1. The fourth-order valence-electron chi connectivity index (χ4n) is 4.58. The van der Waals surface area contributed by atoms with E-state index in [1.807, 2.05) is 35.7 Å². The highest BCUT2D eigenvalue weighted by atomic mass is 32.1. The Balaban J connectivity index is 1.24. The van der Waals surface area contributed by atoms with Crippen LogP contribution < -0.4 is 5.73 Å². The Kier molecular flexibility index (Phi) is 5.05. The SMILES string of the molecule is N=Cc1ccc(-c2n[nH]c3c2Cc2sc(-c4ccc(CN5CCOCC5)nc4)cc2-3)cc1N. The van der Waals surface area contributed by atoms with E-state index in [1.54, 1.807) is 0 Å². The first-order chi connectivity index (χ1) is 16.2. The molecule has 0 saturated carbocycles. The Bertz CT molecular complexity index is 1330. The lowest BCUT2D eigenvalue weighted by molar-refractivity contribution is 0.0336. The van der Waals surface area contributed by atoms with Crippen molar-refractivity contribution in [1.29, 1.82) is 5.41 Å². The van der Waals surface area contributed by atoms with Crippen LogP contribution in [0.5, 0.6) is 0 Å². The minimum Gasteiger partial charge on any atom is -0.398 e. The highest BCUT2D eigenvalue weighted by Crippen LogP contribution is 2.46. The standard InChI is InChI=1S/C25H24N6OS/c26-12-16-2-1-15(9-21(16)27)24-20-11-23-19(25(20)30-29-24)10-22(33-23)17-3-4-18(28-13-17)14-31-5-7-32-8-6-31/h1-4,9-10,12-13,26H,5-8,11,14,27H2,(H,29,30). The van der Waals surface area contributed by atoms with Crippen LogP contribution in [0.25, 0.3) is 33.0 Å². The third-order valence-electron chi connectivity index (χ3n) is 6.40. The Morgan fingerprint density at radius 1 is 1.15 bits per heavy atom. The molecule has 1 aromatic carbocycles. The van der Waals surface area contributed by atoms with Gasteiger partial charge in [0.15, 0.2) is 0 Å². The van der Waals surface area contributed by atoms with Crippen molar-refractivity contribution in [2.45, 2.75) is 13.0 Å². The summed E-state index contributed by atoms with van der Waals surface area (Å²) < 4.78 is 5.43. The van der Waals surface area contributed by atoms with Gasteiger partial charge in [-0.05, 0) is 18.2 Å². The molecule has 8 heteroatoms. The molecule has 4 heterocycles. The number of nitrogen functional groups attached to an aromatic ring is 1. The number of fused-ring (bicyclic) bond motifs is 3. The number of nitrogens with one attached hydrogen (secondary N) is 2. The molecule has 0 unspecified atom stereocenters. The van der Waals surface area contributed by atoms with Gasteiger partial charge in [0.25, 0.3) is 0 Å². The van der Waals surface area contributed by atoms with Gasteiger partial charge in [-0.15, -0.1) is 11.3 Å². The molecule has 1 fully saturated rings. The van der Waals surface area contributed by atoms with Gasteiger partial charge in [0.1, 0.15) is 0 Å². The second-order valence-electron chi connectivity index (χ2n) is 8.46. The van der Waals surface area contributed by atoms with Crippen molar-refractivity contribution in [3.05, 3.63) is 64.3 Å². The minimum absolute atomic E-state index is 0.596. The molecule has 1 aliphatic carbocycles. The number of anilines is 1. The highest BCUT2D eigenvalue weighted by Gasteiger charge is 2.28. The molecule has 33 heavy (non-hydrogen) atoms. The van der Waals surface area contributed by atoms with Crippen LogP contribution in [0.15, 0.2) is 42.6 Å². The van der Waals surface area contributed by atoms with E-state index in [9.17, 15) is 0 Å². The van der Waals surface area contributed by atoms with Crippen molar-refractivity contribution in [3.63, 3.8) is 0 Å². The molecular weight excluding hydrogens is 432 g/mol. The minimum atomic E-state index is 0.596. The maximum absolute atomic E-state index is 7.44. The number of aromatic nitrogens is 3. The molecule has 0 atom stereocenters. The molecule has 4 aromatic rings. The average molecular weight is 457 g/mol. The second kappa shape index (κ2) is 8.22. The quantitative estimate of drug-likeness (QED) is 0.272. The van der Waals surface area contributed by atoms with Gasteiger partial charge in [-0.25, -0.2) is 0 Å². The number of benzene rings is 1. The monoisotopic (exact) mass is 456 g/mol. The Morgan fingerprint density at radius 3 is 2.76 bits per heavy atom. The van der Waals surface area contributed by atoms with Crippen molar-refractivity contribution in [1.82, 2.24) is 20.1 Å². The fraction of sp³-hybridized carbons (Fsp3) is 0.240. The van der Waals surface area contributed by atoms with Crippen molar-refractivity contribution in [2.24, 2.45) is 0 Å². The summed E-state index contributed by atoms with van der Waals surface area (Å²) >= 11 is 1.82. The van der Waals surface area contributed by atoms with Crippen LogP contribution in [0, 0.1) is 5.41 Å². The first kappa shape index (κ1) is 20.3. The van der Waals surface area contributed by atoms with Crippen molar-refractivity contribution >= 4 is 23.2 Å². The van der Waals surface area contributed by atoms with Gasteiger partial charge in [0, 0.05) is 81.7 Å². The number of ether oxygens (including phenoxy) is 1. The average Bonchev–Trinajstić information content (AvgIpc) is 3.52. The predicted octanol–water partition coefficient (Wildman–Crippen LogP) is 4.18. The van der Waals surface area contributed by atoms with E-state index in [0.717, 1.165) is 73.0 Å². The molecule has 0 amide bonds. The first-order valence-electron chi connectivity index (χ1n) is 11.1. The summed E-state index contributed by atoms with van der Waals surface area (Å²) in [5.74, 6) is 0. The van der Waals surface area contributed by atoms with Gasteiger partial charge in [-0.2, -0.15) is 5.10 Å². The molecular formula is C25H24N6OS. The Morgan fingerprint density at radius 2 is 2.00 bits per heavy atom. The maximum Gasteiger partial charge on any atom is 0.0963 e. The smallest absolute Gasteiger partial charge is 0.0963 e. The number of hydrogen-bond donors (Lipinski definition) is 3. The van der Waals surface area contributed by atoms with Crippen LogP contribution in [0.1, 0.15) is 21.7 Å². The molecule has 166 valence electrons. The van der Waals surface area contributed by atoms with Gasteiger partial charge >= 0.3 is 0 Å². The van der Waals surface area contributed by atoms with Crippen LogP contribution in [0.3, 0.4) is 0 Å². The topological polar surface area (TPSA) is 104 Å². The predicted molar refractivity (Wildman–Crippen MR) is 132 cm³/mol. The lowest BCUT2D eigenvalue weighted by Crippen LogP contribution is -2.35. The van der Waals surface area contributed by atoms with Crippen LogP contribution in [-0.2, 0) is 17.7 Å². The van der Waals surface area contributed by atoms with E-state index in [-0.39, 0.29) is 0 Å². The number of rotatable bonds is 5. The zero-order chi connectivity index (χ0) is 22.4. The fourth-order valence-corrected chi connectivity index (χ4v) is 5.75. The third-order valence-corrected chi connectivity index (χ3v) is 7.58. The van der Waals surface area contributed by atoms with Crippen LogP contribution in [0.4, 0.5) is 5.69 Å². The molecule has 3 aromatic heterocycles. The summed E-state index contributed by atoms with van der Waals surface area (Å²) in [6, 6.07) is 12.3. The van der Waals surface area contributed by atoms with E-state index in [4.69, 9.17) is 20.9 Å². The van der Waals surface area contributed by atoms with Gasteiger partial charge in [0.05, 0.1) is 30.3 Å². The highest BCUT2D eigenvalue weighted by molar-refractivity contribution is 7.16. The number of aromatic amines is 1. The van der Waals surface area contributed by atoms with Gasteiger partial charge < -0.3 is 15.9 Å². The first-order valence-corrected chi connectivity index (χ1v) is 11.9. The summed E-state index contributed by atoms with van der Waals surface area (Å²) in [6.07, 6.45) is 4.12. The van der Waals surface area contributed by atoms with Crippen LogP contribution in [0.2, 0.25) is 0 Å². The molecule has 0 bridgehead atoms. The zero-order valence-electron chi connectivity index (χ0n) is 18.1. The van der Waals surface area contributed by atoms with Gasteiger partial charge in [0.2, 0.25) is 0 Å². The number of nitrogens with zero attached hydrogens (tertiary/aromatic N) is 3. The van der Waals surface area contributed by atoms with Gasteiger partial charge in [-0.3, -0.25) is 15.0 Å². The number of nitrogens with two attached hydrogens (primary N) is 1. The van der Waals surface area contributed by atoms with E-state index < -0.39 is 0 Å². The number of hydrogen-bond acceptors (Lipinski definition) is 7. The summed E-state index contributed by atoms with van der Waals surface area (Å²) in [5.41, 5.74) is 15.1. The molecule has 2 aliphatic rings. The second-order valence-corrected chi connectivity index (χ2v) is 9.60. The van der Waals surface area contributed by atoms with Crippen molar-refractivity contribution in [2.75, 3.05) is 32.0 Å². The molecule has 4 N–H and O–H groups in total. The van der Waals surface area contributed by atoms with Crippen LogP contribution >= 0.6 is 11.3 Å². The van der Waals surface area contributed by atoms with E-state index >= 15 is 0 Å². The largest absolute Gasteiger partial charge is 0.398 e. The molecule has 0 radical (unpaired) electrons. The summed E-state index contributed by atoms with van der Waals surface area (Å²) in [5, 5.41) is 15.3. The Hall–Kier alpha value is -3.33. The lowest BCUT2D eigenvalue weighted by Gasteiger charge is -2.26. The lowest BCUT2D eigenvalue weighted by atomic mass is 10.0. The molecule has 1 saturated heterocycles. The summed E-state index contributed by atoms with van der Waals surface area (Å²) in [6.45, 7) is 4.41. The van der Waals surface area contributed by atoms with Crippen molar-refractivity contribution < 1.29 is 4.74 Å². The van der Waals surface area contributed by atoms with Crippen molar-refractivity contribution in [3.8, 4) is 33.0 Å². The molecule has 6 rings (SSSR count). The molecule has 0 spiro atoms. The summed E-state index contributed by atoms with van der Waals surface area (Å²) in [4.78, 5) is 9.67. The summed E-state index contributed by atoms with van der Waals surface area (Å²) in [7, 11) is 0. The van der Waals surface area contributed by atoms with E-state index in [1.165, 1.54) is 27.1 Å². The maximum atomic E-state index is 7.44. The van der Waals surface area contributed by atoms with Crippen LogP contribution in [-0.4, -0.2) is 52.6 Å². The normalized spacial score (nSPS) is 15.4. The molecule has 1 aliphatic heterocycles. The van der Waals surface area contributed by atoms with E-state index in [2.05, 4.69) is 33.3 Å². The molecule has 7 nitrogen and oxygen atoms in total. The Labute approximate surface area is 195 Å². The third kappa shape index (κ3) is 3.66. The number of thiophene rings is 1. The van der Waals surface area contributed by atoms with E-state index in [0.29, 0.717) is 5.69 Å².